The van der Waals surface area contributed by atoms with Gasteiger partial charge in [-0.3, -0.25) is 4.79 Å². The molecule has 7 nitrogen and oxygen atoms in total. The lowest BCUT2D eigenvalue weighted by atomic mass is 10.2. The summed E-state index contributed by atoms with van der Waals surface area (Å²) in [5, 5.41) is 3.58. The minimum atomic E-state index is -0.206. The molecule has 0 saturated carbocycles. The highest BCUT2D eigenvalue weighted by atomic mass is 32.2. The van der Waals surface area contributed by atoms with E-state index in [9.17, 15) is 4.79 Å². The Hall–Kier alpha value is -2.06. The number of anilines is 1. The van der Waals surface area contributed by atoms with Gasteiger partial charge in [-0.2, -0.15) is 0 Å². The summed E-state index contributed by atoms with van der Waals surface area (Å²) in [6.45, 7) is 9.31. The van der Waals surface area contributed by atoms with E-state index >= 15 is 0 Å². The van der Waals surface area contributed by atoms with Crippen molar-refractivity contribution >= 4 is 23.5 Å². The molecule has 0 aliphatic carbocycles. The zero-order valence-electron chi connectivity index (χ0n) is 16.7. The van der Waals surface area contributed by atoms with Crippen LogP contribution >= 0.6 is 11.8 Å². The van der Waals surface area contributed by atoms with Crippen LogP contribution in [-0.4, -0.2) is 48.2 Å². The molecule has 152 valence electrons. The minimum Gasteiger partial charge on any atom is -0.455 e. The quantitative estimate of drug-likeness (QED) is 0.506. The maximum atomic E-state index is 12.2. The maximum absolute atomic E-state index is 12.2. The lowest BCUT2D eigenvalue weighted by Crippen LogP contribution is -2.31. The van der Waals surface area contributed by atoms with Gasteiger partial charge in [0.2, 0.25) is 0 Å². The van der Waals surface area contributed by atoms with Crippen molar-refractivity contribution in [3.63, 3.8) is 0 Å². The topological polar surface area (TPSA) is 80.5 Å². The molecule has 1 aliphatic heterocycles. The fraction of sp³-hybridized carbons (Fsp3) is 0.550. The van der Waals surface area contributed by atoms with Gasteiger partial charge in [0.05, 0.1) is 11.9 Å². The Morgan fingerprint density at radius 1 is 1.32 bits per heavy atom. The Labute approximate surface area is 170 Å². The van der Waals surface area contributed by atoms with E-state index in [-0.39, 0.29) is 12.0 Å². The maximum Gasteiger partial charge on any atom is 0.287 e. The molecule has 1 N–H and O–H groups in total. The number of thioether (sulfide) groups is 1. The molecule has 0 unspecified atom stereocenters. The first kappa shape index (κ1) is 20.7. The second kappa shape index (κ2) is 9.93. The zero-order valence-corrected chi connectivity index (χ0v) is 17.6. The molecule has 0 aromatic carbocycles. The summed E-state index contributed by atoms with van der Waals surface area (Å²) >= 11 is 1.50. The largest absolute Gasteiger partial charge is 0.455 e. The Morgan fingerprint density at radius 2 is 2.14 bits per heavy atom. The number of aryl methyl sites for hydroxylation is 1. The first-order valence-electron chi connectivity index (χ1n) is 9.81. The molecule has 0 radical (unpaired) electrons. The predicted molar refractivity (Wildman–Crippen MR) is 110 cm³/mol. The second-order valence-corrected chi connectivity index (χ2v) is 7.66. The minimum absolute atomic E-state index is 0.118. The normalized spacial score (nSPS) is 16.3. The van der Waals surface area contributed by atoms with Gasteiger partial charge in [-0.15, -0.1) is 0 Å². The number of hydrogen-bond acceptors (Lipinski definition) is 7. The summed E-state index contributed by atoms with van der Waals surface area (Å²) in [5.74, 6) is 2.35. The number of carbonyl (C=O) groups is 1. The smallest absolute Gasteiger partial charge is 0.287 e. The van der Waals surface area contributed by atoms with E-state index in [4.69, 9.17) is 9.15 Å². The van der Waals surface area contributed by atoms with Gasteiger partial charge in [0.1, 0.15) is 11.6 Å². The number of carbonyl (C=O) groups excluding carboxylic acids is 1. The van der Waals surface area contributed by atoms with E-state index in [0.29, 0.717) is 23.2 Å². The van der Waals surface area contributed by atoms with E-state index in [1.807, 2.05) is 19.1 Å². The van der Waals surface area contributed by atoms with Gasteiger partial charge >= 0.3 is 0 Å². The Kier molecular flexibility index (Phi) is 7.33. The number of furan rings is 1. The van der Waals surface area contributed by atoms with Gasteiger partial charge in [0, 0.05) is 38.0 Å². The van der Waals surface area contributed by atoms with E-state index in [2.05, 4.69) is 34.0 Å². The van der Waals surface area contributed by atoms with Crippen molar-refractivity contribution in [1.82, 2.24) is 15.3 Å². The lowest BCUT2D eigenvalue weighted by molar-refractivity contribution is 0.0834. The SMILES string of the molecule is CCN(CC)c1cc(C)nc(SCc2ccc(C(=O)NC[C@H]3CCCO3)o2)n1. The summed E-state index contributed by atoms with van der Waals surface area (Å²) in [6.07, 6.45) is 2.17. The lowest BCUT2D eigenvalue weighted by Gasteiger charge is -2.20. The number of nitrogens with zero attached hydrogens (tertiary/aromatic N) is 3. The third kappa shape index (κ3) is 5.48. The van der Waals surface area contributed by atoms with Crippen LogP contribution in [0.4, 0.5) is 5.82 Å². The molecule has 1 aliphatic rings. The third-order valence-corrected chi connectivity index (χ3v) is 5.52. The molecule has 2 aromatic heterocycles. The van der Waals surface area contributed by atoms with Crippen LogP contribution in [0.2, 0.25) is 0 Å². The highest BCUT2D eigenvalue weighted by molar-refractivity contribution is 7.98. The van der Waals surface area contributed by atoms with Gasteiger partial charge < -0.3 is 19.4 Å². The van der Waals surface area contributed by atoms with Gasteiger partial charge in [-0.25, -0.2) is 9.97 Å². The molecule has 0 spiro atoms. The van der Waals surface area contributed by atoms with Crippen molar-refractivity contribution in [3.8, 4) is 0 Å². The van der Waals surface area contributed by atoms with Crippen molar-refractivity contribution in [3.05, 3.63) is 35.4 Å². The molecule has 1 fully saturated rings. The van der Waals surface area contributed by atoms with Crippen molar-refractivity contribution in [2.45, 2.75) is 50.6 Å². The first-order valence-corrected chi connectivity index (χ1v) is 10.8. The summed E-state index contributed by atoms with van der Waals surface area (Å²) < 4.78 is 11.2. The number of aromatic nitrogens is 2. The molecule has 1 amide bonds. The van der Waals surface area contributed by atoms with Crippen LogP contribution in [-0.2, 0) is 10.5 Å². The number of hydrogen-bond donors (Lipinski definition) is 1. The molecule has 3 heterocycles. The summed E-state index contributed by atoms with van der Waals surface area (Å²) in [7, 11) is 0. The van der Waals surface area contributed by atoms with Crippen LogP contribution in [0, 0.1) is 6.92 Å². The molecule has 1 saturated heterocycles. The summed E-state index contributed by atoms with van der Waals surface area (Å²) in [5.41, 5.74) is 0.938. The summed E-state index contributed by atoms with van der Waals surface area (Å²) in [4.78, 5) is 23.6. The summed E-state index contributed by atoms with van der Waals surface area (Å²) in [6, 6.07) is 5.54. The van der Waals surface area contributed by atoms with Crippen LogP contribution in [0.3, 0.4) is 0 Å². The molecule has 2 aromatic rings. The molecule has 0 bridgehead atoms. The highest BCUT2D eigenvalue weighted by Gasteiger charge is 2.18. The number of nitrogens with one attached hydrogen (secondary N) is 1. The predicted octanol–water partition coefficient (Wildman–Crippen LogP) is 3.43. The van der Waals surface area contributed by atoms with Gasteiger partial charge in [-0.05, 0) is 45.7 Å². The average Bonchev–Trinajstić information content (AvgIpc) is 3.37. The van der Waals surface area contributed by atoms with Crippen LogP contribution in [0.25, 0.3) is 0 Å². The molecule has 1 atom stereocenters. The van der Waals surface area contributed by atoms with Crippen molar-refractivity contribution in [1.29, 1.82) is 0 Å². The standard InChI is InChI=1S/C20H28N4O3S/c1-4-24(5-2)18-11-14(3)22-20(23-18)28-13-16-8-9-17(27-16)19(25)21-12-15-7-6-10-26-15/h8-9,11,15H,4-7,10,12-13H2,1-3H3,(H,21,25)/t15-/m1/s1. The molecular formula is C20H28N4O3S. The van der Waals surface area contributed by atoms with E-state index in [1.165, 1.54) is 11.8 Å². The fourth-order valence-electron chi connectivity index (χ4n) is 3.11. The van der Waals surface area contributed by atoms with E-state index in [0.717, 1.165) is 49.8 Å². The van der Waals surface area contributed by atoms with Crippen LogP contribution in [0.15, 0.2) is 27.8 Å². The highest BCUT2D eigenvalue weighted by Crippen LogP contribution is 2.24. The Balaban J connectivity index is 1.56. The van der Waals surface area contributed by atoms with Crippen LogP contribution < -0.4 is 10.2 Å². The van der Waals surface area contributed by atoms with Gasteiger partial charge in [0.25, 0.3) is 5.91 Å². The molecular weight excluding hydrogens is 376 g/mol. The monoisotopic (exact) mass is 404 g/mol. The van der Waals surface area contributed by atoms with Crippen molar-refractivity contribution < 1.29 is 13.9 Å². The van der Waals surface area contributed by atoms with Gasteiger partial charge in [0.15, 0.2) is 10.9 Å². The van der Waals surface area contributed by atoms with Gasteiger partial charge in [-0.1, -0.05) is 11.8 Å². The molecule has 3 rings (SSSR count). The van der Waals surface area contributed by atoms with Crippen molar-refractivity contribution in [2.24, 2.45) is 0 Å². The van der Waals surface area contributed by atoms with Crippen LogP contribution in [0.1, 0.15) is 48.7 Å². The number of ether oxygens (including phenoxy) is 1. The first-order chi connectivity index (χ1) is 13.6. The Morgan fingerprint density at radius 3 is 2.86 bits per heavy atom. The zero-order chi connectivity index (χ0) is 19.9. The van der Waals surface area contributed by atoms with E-state index < -0.39 is 0 Å². The number of rotatable bonds is 9. The molecule has 28 heavy (non-hydrogen) atoms. The van der Waals surface area contributed by atoms with E-state index in [1.54, 1.807) is 6.07 Å². The number of amides is 1. The molecule has 8 heteroatoms. The Bertz CT molecular complexity index is 786. The third-order valence-electron chi connectivity index (χ3n) is 4.65. The fourth-order valence-corrected chi connectivity index (χ4v) is 3.90. The van der Waals surface area contributed by atoms with Crippen molar-refractivity contribution in [2.75, 3.05) is 31.1 Å². The second-order valence-electron chi connectivity index (χ2n) is 6.72. The van der Waals surface area contributed by atoms with Crippen LogP contribution in [0.5, 0.6) is 0 Å². The average molecular weight is 405 g/mol.